The summed E-state index contributed by atoms with van der Waals surface area (Å²) in [5, 5.41) is 2.86. The van der Waals surface area contributed by atoms with E-state index in [2.05, 4.69) is 16.6 Å². The van der Waals surface area contributed by atoms with Crippen LogP contribution in [0.3, 0.4) is 0 Å². The van der Waals surface area contributed by atoms with Gasteiger partial charge in [0.2, 0.25) is 0 Å². The van der Waals surface area contributed by atoms with E-state index in [1.54, 1.807) is 36.5 Å². The molecular formula is C13H17NNa2O3. The number of esters is 2. The fourth-order valence-corrected chi connectivity index (χ4v) is 1.22. The second kappa shape index (κ2) is 12.9. The third-order valence-electron chi connectivity index (χ3n) is 2.06. The molecule has 1 aromatic rings. The number of carbonyl (C=O) groups excluding carboxylic acids is 2. The molecule has 0 saturated carbocycles. The summed E-state index contributed by atoms with van der Waals surface area (Å²) in [6.45, 7) is 4.12. The van der Waals surface area contributed by atoms with Crippen molar-refractivity contribution in [2.45, 2.75) is 12.8 Å². The van der Waals surface area contributed by atoms with Gasteiger partial charge in [-0.2, -0.15) is 0 Å². The Labute approximate surface area is 157 Å². The van der Waals surface area contributed by atoms with Crippen LogP contribution in [0.5, 0.6) is 0 Å². The van der Waals surface area contributed by atoms with Crippen molar-refractivity contribution in [3.8, 4) is 0 Å². The Hall–Kier alpha value is -0.1000. The van der Waals surface area contributed by atoms with Gasteiger partial charge in [-0.15, -0.1) is 0 Å². The third kappa shape index (κ3) is 9.44. The van der Waals surface area contributed by atoms with Crippen molar-refractivity contribution in [3.05, 3.63) is 48.7 Å². The molecule has 0 atom stereocenters. The van der Waals surface area contributed by atoms with Crippen LogP contribution in [-0.4, -0.2) is 77.6 Å². The van der Waals surface area contributed by atoms with E-state index in [4.69, 9.17) is 0 Å². The summed E-state index contributed by atoms with van der Waals surface area (Å²) in [4.78, 5) is 22.8. The minimum atomic E-state index is -0.604. The molecule has 0 aliphatic heterocycles. The van der Waals surface area contributed by atoms with Gasteiger partial charge in [-0.25, -0.2) is 4.79 Å². The van der Waals surface area contributed by atoms with Crippen LogP contribution in [-0.2, 0) is 9.53 Å². The summed E-state index contributed by atoms with van der Waals surface area (Å²) >= 11 is 0. The molecule has 0 saturated heterocycles. The van der Waals surface area contributed by atoms with Gasteiger partial charge in [0.1, 0.15) is 0 Å². The van der Waals surface area contributed by atoms with E-state index in [0.29, 0.717) is 18.5 Å². The van der Waals surface area contributed by atoms with Crippen LogP contribution in [0.1, 0.15) is 23.2 Å². The van der Waals surface area contributed by atoms with Gasteiger partial charge < -0.3 is 10.1 Å². The fourth-order valence-electron chi connectivity index (χ4n) is 1.22. The van der Waals surface area contributed by atoms with Gasteiger partial charge >= 0.3 is 71.1 Å². The maximum atomic E-state index is 11.5. The Bertz CT molecular complexity index is 396. The molecule has 0 aliphatic carbocycles. The molecule has 0 aliphatic rings. The SMILES string of the molecule is C=CNCCCC(=O)OC(=O)c1ccccc1.[NaH].[NaH]. The zero-order chi connectivity index (χ0) is 12.5. The van der Waals surface area contributed by atoms with Crippen molar-refractivity contribution in [3.63, 3.8) is 0 Å². The summed E-state index contributed by atoms with van der Waals surface area (Å²) in [5.41, 5.74) is 0.380. The standard InChI is InChI=1S/C13H15NO3.2Na.2H/c1-2-14-10-6-9-12(15)17-13(16)11-7-4-3-5-8-11;;;;/h2-5,7-8,14H,1,6,9-10H2;;;;. The summed E-state index contributed by atoms with van der Waals surface area (Å²) in [5.74, 6) is -1.11. The molecule has 0 unspecified atom stereocenters. The maximum absolute atomic E-state index is 11.5. The number of carbonyl (C=O) groups is 2. The summed E-state index contributed by atoms with van der Waals surface area (Å²) in [7, 11) is 0. The van der Waals surface area contributed by atoms with Crippen LogP contribution in [0.4, 0.5) is 0 Å². The zero-order valence-electron chi connectivity index (χ0n) is 9.52. The van der Waals surface area contributed by atoms with Crippen LogP contribution < -0.4 is 5.32 Å². The second-order valence-corrected chi connectivity index (χ2v) is 3.39. The van der Waals surface area contributed by atoms with Gasteiger partial charge in [-0.1, -0.05) is 24.8 Å². The van der Waals surface area contributed by atoms with E-state index in [0.717, 1.165) is 0 Å². The van der Waals surface area contributed by atoms with Gasteiger partial charge in [0.25, 0.3) is 0 Å². The molecule has 1 aromatic carbocycles. The second-order valence-electron chi connectivity index (χ2n) is 3.39. The summed E-state index contributed by atoms with van der Waals surface area (Å²) in [6.07, 6.45) is 2.37. The molecule has 0 heterocycles. The molecule has 94 valence electrons. The zero-order valence-corrected chi connectivity index (χ0v) is 9.52. The number of rotatable bonds is 6. The van der Waals surface area contributed by atoms with Crippen molar-refractivity contribution >= 4 is 71.1 Å². The predicted octanol–water partition coefficient (Wildman–Crippen LogP) is 0.586. The number of nitrogens with one attached hydrogen (secondary N) is 1. The molecule has 1 N–H and O–H groups in total. The topological polar surface area (TPSA) is 55.4 Å². The van der Waals surface area contributed by atoms with Crippen molar-refractivity contribution in [1.29, 1.82) is 0 Å². The number of benzene rings is 1. The van der Waals surface area contributed by atoms with E-state index < -0.39 is 11.9 Å². The Balaban J connectivity index is 0. The third-order valence-corrected chi connectivity index (χ3v) is 2.06. The first-order valence-corrected chi connectivity index (χ1v) is 5.38. The molecule has 0 radical (unpaired) electrons. The van der Waals surface area contributed by atoms with Crippen LogP contribution >= 0.6 is 0 Å². The van der Waals surface area contributed by atoms with E-state index in [1.807, 2.05) is 0 Å². The first kappa shape index (κ1) is 21.2. The Morgan fingerprint density at radius 1 is 1.21 bits per heavy atom. The van der Waals surface area contributed by atoms with Crippen LogP contribution in [0, 0.1) is 0 Å². The van der Waals surface area contributed by atoms with E-state index in [1.165, 1.54) is 0 Å². The van der Waals surface area contributed by atoms with Crippen LogP contribution in [0.15, 0.2) is 43.1 Å². The minimum absolute atomic E-state index is 0. The number of hydrogen-bond acceptors (Lipinski definition) is 4. The van der Waals surface area contributed by atoms with E-state index in [-0.39, 0.29) is 65.5 Å². The molecule has 6 heteroatoms. The molecule has 0 bridgehead atoms. The fraction of sp³-hybridized carbons (Fsp3) is 0.231. The quantitative estimate of drug-likeness (QED) is 0.359. The first-order valence-electron chi connectivity index (χ1n) is 5.38. The molecule has 0 spiro atoms. The van der Waals surface area contributed by atoms with Crippen molar-refractivity contribution < 1.29 is 14.3 Å². The van der Waals surface area contributed by atoms with Crippen molar-refractivity contribution in [1.82, 2.24) is 5.32 Å². The monoisotopic (exact) mass is 281 g/mol. The average molecular weight is 281 g/mol. The predicted molar refractivity (Wildman–Crippen MR) is 78.6 cm³/mol. The molecule has 1 rings (SSSR count). The summed E-state index contributed by atoms with van der Waals surface area (Å²) < 4.78 is 4.69. The van der Waals surface area contributed by atoms with Gasteiger partial charge in [-0.3, -0.25) is 4.79 Å². The van der Waals surface area contributed by atoms with Crippen molar-refractivity contribution in [2.75, 3.05) is 6.54 Å². The Morgan fingerprint density at radius 2 is 1.84 bits per heavy atom. The Kier molecular flexibility index (Phi) is 14.4. The summed E-state index contributed by atoms with van der Waals surface area (Å²) in [6, 6.07) is 8.44. The molecule has 4 nitrogen and oxygen atoms in total. The van der Waals surface area contributed by atoms with Crippen LogP contribution in [0.25, 0.3) is 0 Å². The molecule has 0 fully saturated rings. The number of ether oxygens (including phenoxy) is 1. The van der Waals surface area contributed by atoms with Gasteiger partial charge in [0, 0.05) is 13.0 Å². The first-order chi connectivity index (χ1) is 8.24. The van der Waals surface area contributed by atoms with E-state index >= 15 is 0 Å². The molecular weight excluding hydrogens is 264 g/mol. The van der Waals surface area contributed by atoms with Crippen molar-refractivity contribution in [2.24, 2.45) is 0 Å². The molecule has 0 aromatic heterocycles. The van der Waals surface area contributed by atoms with Gasteiger partial charge in [0.15, 0.2) is 0 Å². The van der Waals surface area contributed by atoms with E-state index in [9.17, 15) is 9.59 Å². The Morgan fingerprint density at radius 3 is 2.42 bits per heavy atom. The number of hydrogen-bond donors (Lipinski definition) is 1. The molecule has 0 amide bonds. The average Bonchev–Trinajstić information content (AvgIpc) is 2.36. The normalized spacial score (nSPS) is 8.42. The van der Waals surface area contributed by atoms with Crippen LogP contribution in [0.2, 0.25) is 0 Å². The van der Waals surface area contributed by atoms with Gasteiger partial charge in [0.05, 0.1) is 5.56 Å². The molecule has 19 heavy (non-hydrogen) atoms. The van der Waals surface area contributed by atoms with Gasteiger partial charge in [-0.05, 0) is 24.8 Å².